The highest BCUT2D eigenvalue weighted by atomic mass is 35.5. The van der Waals surface area contributed by atoms with E-state index in [1.165, 1.54) is 30.3 Å². The molecule has 0 aliphatic rings. The number of rotatable bonds is 3. The first-order chi connectivity index (χ1) is 9.49. The van der Waals surface area contributed by atoms with E-state index < -0.39 is 11.9 Å². The van der Waals surface area contributed by atoms with Crippen LogP contribution in [0.5, 0.6) is 0 Å². The lowest BCUT2D eigenvalue weighted by atomic mass is 10.1. The maximum atomic E-state index is 12.1. The van der Waals surface area contributed by atoms with Crippen LogP contribution in [0.1, 0.15) is 20.7 Å². The van der Waals surface area contributed by atoms with Crippen LogP contribution in [-0.4, -0.2) is 11.9 Å². The summed E-state index contributed by atoms with van der Waals surface area (Å²) in [5.74, 6) is -2.03. The average molecular weight is 309 g/mol. The SMILES string of the molecule is O=C([O-])c1ccccc1C(=O)Nc1cc(Cl)ccc1Cl. The molecule has 4 nitrogen and oxygen atoms in total. The maximum absolute atomic E-state index is 12.1. The molecule has 0 unspecified atom stereocenters. The van der Waals surface area contributed by atoms with Crippen molar-refractivity contribution in [1.82, 2.24) is 0 Å². The van der Waals surface area contributed by atoms with Crippen LogP contribution in [0.15, 0.2) is 42.5 Å². The zero-order chi connectivity index (χ0) is 14.7. The van der Waals surface area contributed by atoms with Gasteiger partial charge in [-0.05, 0) is 24.3 Å². The lowest BCUT2D eigenvalue weighted by molar-refractivity contribution is -0.255. The summed E-state index contributed by atoms with van der Waals surface area (Å²) in [5, 5.41) is 14.2. The number of amides is 1. The highest BCUT2D eigenvalue weighted by molar-refractivity contribution is 6.36. The first-order valence-corrected chi connectivity index (χ1v) is 6.31. The van der Waals surface area contributed by atoms with Crippen LogP contribution < -0.4 is 10.4 Å². The normalized spacial score (nSPS) is 10.1. The topological polar surface area (TPSA) is 69.2 Å². The van der Waals surface area contributed by atoms with Gasteiger partial charge >= 0.3 is 0 Å². The van der Waals surface area contributed by atoms with Gasteiger partial charge in [0.25, 0.3) is 5.91 Å². The minimum absolute atomic E-state index is 0.0106. The number of carboxylic acid groups (broad SMARTS) is 1. The van der Waals surface area contributed by atoms with Gasteiger partial charge in [0, 0.05) is 16.1 Å². The molecule has 1 amide bonds. The van der Waals surface area contributed by atoms with Crippen LogP contribution in [0.4, 0.5) is 5.69 Å². The number of carboxylic acids is 1. The summed E-state index contributed by atoms with van der Waals surface area (Å²) >= 11 is 11.7. The summed E-state index contributed by atoms with van der Waals surface area (Å²) in [6.07, 6.45) is 0. The molecule has 2 rings (SSSR count). The fraction of sp³-hybridized carbons (Fsp3) is 0. The number of hydrogen-bond donors (Lipinski definition) is 1. The molecule has 0 saturated heterocycles. The van der Waals surface area contributed by atoms with Crippen molar-refractivity contribution < 1.29 is 14.7 Å². The lowest BCUT2D eigenvalue weighted by Crippen LogP contribution is -2.26. The molecular formula is C14H8Cl2NO3-. The van der Waals surface area contributed by atoms with E-state index in [-0.39, 0.29) is 11.1 Å². The second-order valence-corrected chi connectivity index (χ2v) is 4.75. The Labute approximate surface area is 124 Å². The van der Waals surface area contributed by atoms with Gasteiger partial charge in [-0.2, -0.15) is 0 Å². The summed E-state index contributed by atoms with van der Waals surface area (Å²) in [4.78, 5) is 23.1. The van der Waals surface area contributed by atoms with E-state index in [4.69, 9.17) is 23.2 Å². The lowest BCUT2D eigenvalue weighted by Gasteiger charge is -2.11. The molecule has 0 bridgehead atoms. The minimum atomic E-state index is -1.42. The van der Waals surface area contributed by atoms with Crippen molar-refractivity contribution in [3.8, 4) is 0 Å². The molecule has 0 atom stereocenters. The van der Waals surface area contributed by atoms with E-state index in [2.05, 4.69) is 5.32 Å². The van der Waals surface area contributed by atoms with Crippen molar-refractivity contribution >= 4 is 40.8 Å². The molecule has 2 aromatic rings. The molecule has 6 heteroatoms. The Hall–Kier alpha value is -2.04. The molecule has 0 spiro atoms. The van der Waals surface area contributed by atoms with Crippen LogP contribution in [-0.2, 0) is 0 Å². The molecular weight excluding hydrogens is 301 g/mol. The fourth-order valence-electron chi connectivity index (χ4n) is 1.64. The molecule has 102 valence electrons. The van der Waals surface area contributed by atoms with Gasteiger partial charge < -0.3 is 15.2 Å². The number of aromatic carboxylic acids is 1. The zero-order valence-corrected chi connectivity index (χ0v) is 11.5. The van der Waals surface area contributed by atoms with Crippen LogP contribution in [0.2, 0.25) is 10.0 Å². The van der Waals surface area contributed by atoms with Crippen molar-refractivity contribution in [2.45, 2.75) is 0 Å². The fourth-order valence-corrected chi connectivity index (χ4v) is 1.98. The van der Waals surface area contributed by atoms with Gasteiger partial charge in [-0.15, -0.1) is 0 Å². The van der Waals surface area contributed by atoms with Crippen molar-refractivity contribution in [3.05, 3.63) is 63.6 Å². The number of halogens is 2. The highest BCUT2D eigenvalue weighted by Gasteiger charge is 2.13. The summed E-state index contributed by atoms with van der Waals surface area (Å²) in [5.41, 5.74) is 0.101. The molecule has 2 aromatic carbocycles. The second kappa shape index (κ2) is 5.94. The second-order valence-electron chi connectivity index (χ2n) is 3.91. The van der Waals surface area contributed by atoms with Crippen LogP contribution >= 0.6 is 23.2 Å². The number of hydrogen-bond acceptors (Lipinski definition) is 3. The van der Waals surface area contributed by atoms with Crippen LogP contribution in [0.25, 0.3) is 0 Å². The number of carbonyl (C=O) groups excluding carboxylic acids is 2. The quantitative estimate of drug-likeness (QED) is 0.947. The van der Waals surface area contributed by atoms with Gasteiger partial charge in [-0.1, -0.05) is 41.4 Å². The molecule has 0 aromatic heterocycles. The largest absolute Gasteiger partial charge is 0.545 e. The van der Waals surface area contributed by atoms with Crippen molar-refractivity contribution in [1.29, 1.82) is 0 Å². The number of anilines is 1. The minimum Gasteiger partial charge on any atom is -0.545 e. The van der Waals surface area contributed by atoms with Gasteiger partial charge in [0.1, 0.15) is 0 Å². The first-order valence-electron chi connectivity index (χ1n) is 5.56. The van der Waals surface area contributed by atoms with Gasteiger partial charge in [0.15, 0.2) is 0 Å². The number of nitrogens with one attached hydrogen (secondary N) is 1. The van der Waals surface area contributed by atoms with Gasteiger partial charge in [-0.3, -0.25) is 4.79 Å². The smallest absolute Gasteiger partial charge is 0.256 e. The Morgan fingerprint density at radius 3 is 2.30 bits per heavy atom. The monoisotopic (exact) mass is 308 g/mol. The van der Waals surface area contributed by atoms with Gasteiger partial charge in [0.2, 0.25) is 0 Å². The third-order valence-corrected chi connectivity index (χ3v) is 3.13. The van der Waals surface area contributed by atoms with E-state index in [9.17, 15) is 14.7 Å². The molecule has 0 aliphatic heterocycles. The van der Waals surface area contributed by atoms with Crippen molar-refractivity contribution in [2.75, 3.05) is 5.32 Å². The predicted molar refractivity (Wildman–Crippen MR) is 75.2 cm³/mol. The maximum Gasteiger partial charge on any atom is 0.256 e. The summed E-state index contributed by atoms with van der Waals surface area (Å²) in [6, 6.07) is 10.3. The molecule has 0 aliphatic carbocycles. The molecule has 0 fully saturated rings. The highest BCUT2D eigenvalue weighted by Crippen LogP contribution is 2.26. The summed E-state index contributed by atoms with van der Waals surface area (Å²) in [7, 11) is 0. The molecule has 0 saturated carbocycles. The van der Waals surface area contributed by atoms with Crippen molar-refractivity contribution in [2.24, 2.45) is 0 Å². The molecule has 0 heterocycles. The summed E-state index contributed by atoms with van der Waals surface area (Å²) in [6.45, 7) is 0. The van der Waals surface area contributed by atoms with E-state index in [0.717, 1.165) is 0 Å². The van der Waals surface area contributed by atoms with E-state index in [0.29, 0.717) is 15.7 Å². The molecule has 0 radical (unpaired) electrons. The third-order valence-electron chi connectivity index (χ3n) is 2.57. The molecule has 1 N–H and O–H groups in total. The van der Waals surface area contributed by atoms with Gasteiger partial charge in [-0.25, -0.2) is 0 Å². The Kier molecular flexibility index (Phi) is 4.27. The average Bonchev–Trinajstić information content (AvgIpc) is 2.42. The van der Waals surface area contributed by atoms with E-state index in [1.807, 2.05) is 0 Å². The van der Waals surface area contributed by atoms with Crippen LogP contribution in [0.3, 0.4) is 0 Å². The Morgan fingerprint density at radius 1 is 1.00 bits per heavy atom. The Bertz CT molecular complexity index is 686. The van der Waals surface area contributed by atoms with E-state index in [1.54, 1.807) is 12.1 Å². The first kappa shape index (κ1) is 14.4. The predicted octanol–water partition coefficient (Wildman–Crippen LogP) is 2.61. The van der Waals surface area contributed by atoms with E-state index >= 15 is 0 Å². The number of benzene rings is 2. The molecule has 20 heavy (non-hydrogen) atoms. The Morgan fingerprint density at radius 2 is 1.65 bits per heavy atom. The zero-order valence-electron chi connectivity index (χ0n) is 10.0. The summed E-state index contributed by atoms with van der Waals surface area (Å²) < 4.78 is 0. The van der Waals surface area contributed by atoms with Crippen molar-refractivity contribution in [3.63, 3.8) is 0 Å². The van der Waals surface area contributed by atoms with Crippen LogP contribution in [0, 0.1) is 0 Å². The standard InChI is InChI=1S/C14H9Cl2NO3/c15-8-5-6-11(16)12(7-8)17-13(18)9-3-1-2-4-10(9)14(19)20/h1-7H,(H,17,18)(H,19,20)/p-1. The van der Waals surface area contributed by atoms with Gasteiger partial charge in [0.05, 0.1) is 16.7 Å². The number of carbonyl (C=O) groups is 2. The third kappa shape index (κ3) is 3.10. The Balaban J connectivity index is 2.33.